The molecule has 0 fully saturated rings. The fraction of sp³-hybridized carbons (Fsp3) is 0.100. The van der Waals surface area contributed by atoms with Crippen LogP contribution in [-0.2, 0) is 13.2 Å². The van der Waals surface area contributed by atoms with Crippen molar-refractivity contribution in [1.82, 2.24) is 5.32 Å². The Labute approximate surface area is 144 Å². The van der Waals surface area contributed by atoms with E-state index in [2.05, 4.69) is 5.32 Å². The molecule has 0 aliphatic rings. The second-order valence-corrected chi connectivity index (χ2v) is 5.42. The summed E-state index contributed by atoms with van der Waals surface area (Å²) in [6.07, 6.45) is 1.17. The molecule has 3 aromatic rings. The summed E-state index contributed by atoms with van der Waals surface area (Å²) in [7, 11) is 0. The van der Waals surface area contributed by atoms with Gasteiger partial charge in [0.15, 0.2) is 5.76 Å². The highest BCUT2D eigenvalue weighted by molar-refractivity contribution is 5.91. The van der Waals surface area contributed by atoms with Crippen LogP contribution in [0.3, 0.4) is 0 Å². The molecule has 1 amide bonds. The summed E-state index contributed by atoms with van der Waals surface area (Å²) in [6, 6.07) is 20.1. The fourth-order valence-electron chi connectivity index (χ4n) is 2.22. The van der Waals surface area contributed by atoms with Crippen LogP contribution >= 0.6 is 0 Å². The van der Waals surface area contributed by atoms with E-state index >= 15 is 0 Å². The van der Waals surface area contributed by atoms with Crippen LogP contribution < -0.4 is 15.5 Å². The Morgan fingerprint density at radius 1 is 0.960 bits per heavy atom. The average molecular weight is 335 g/mol. The van der Waals surface area contributed by atoms with Crippen molar-refractivity contribution in [3.63, 3.8) is 0 Å². The maximum atomic E-state index is 12.1. The van der Waals surface area contributed by atoms with Gasteiger partial charge in [-0.3, -0.25) is 9.59 Å². The molecule has 3 rings (SSSR count). The number of hydrogen-bond donors (Lipinski definition) is 1. The molecule has 0 spiro atoms. The van der Waals surface area contributed by atoms with Gasteiger partial charge >= 0.3 is 0 Å². The maximum Gasteiger partial charge on any atom is 0.287 e. The van der Waals surface area contributed by atoms with E-state index in [9.17, 15) is 9.59 Å². The SMILES string of the molecule is O=C(NCc1ccccc1)c1cc(=O)c(OCc2ccccc2)co1. The summed E-state index contributed by atoms with van der Waals surface area (Å²) in [6.45, 7) is 0.612. The topological polar surface area (TPSA) is 68.5 Å². The summed E-state index contributed by atoms with van der Waals surface area (Å²) in [5.41, 5.74) is 1.50. The molecule has 0 aliphatic heterocycles. The van der Waals surface area contributed by atoms with Crippen molar-refractivity contribution in [3.8, 4) is 5.75 Å². The molecule has 0 saturated carbocycles. The summed E-state index contributed by atoms with van der Waals surface area (Å²) < 4.78 is 10.7. The number of benzene rings is 2. The molecule has 0 unspecified atom stereocenters. The summed E-state index contributed by atoms with van der Waals surface area (Å²) >= 11 is 0. The number of hydrogen-bond acceptors (Lipinski definition) is 4. The van der Waals surface area contributed by atoms with E-state index in [1.54, 1.807) is 0 Å². The summed E-state index contributed by atoms with van der Waals surface area (Å²) in [5.74, 6) is -0.424. The zero-order chi connectivity index (χ0) is 17.5. The van der Waals surface area contributed by atoms with Gasteiger partial charge in [-0.1, -0.05) is 60.7 Å². The number of nitrogens with one attached hydrogen (secondary N) is 1. The first-order valence-corrected chi connectivity index (χ1v) is 7.84. The Kier molecular flexibility index (Phi) is 5.26. The van der Waals surface area contributed by atoms with Gasteiger partial charge in [-0.2, -0.15) is 0 Å². The predicted octanol–water partition coefficient (Wildman–Crippen LogP) is 3.15. The Balaban J connectivity index is 1.61. The molecule has 1 heterocycles. The molecule has 5 heteroatoms. The van der Waals surface area contributed by atoms with Crippen LogP contribution in [0.1, 0.15) is 21.7 Å². The molecule has 5 nitrogen and oxygen atoms in total. The van der Waals surface area contributed by atoms with E-state index in [1.165, 1.54) is 6.26 Å². The lowest BCUT2D eigenvalue weighted by molar-refractivity contribution is 0.0919. The Bertz CT molecular complexity index is 888. The predicted molar refractivity (Wildman–Crippen MR) is 93.4 cm³/mol. The smallest absolute Gasteiger partial charge is 0.287 e. The number of carbonyl (C=O) groups is 1. The molecule has 1 N–H and O–H groups in total. The fourth-order valence-corrected chi connectivity index (χ4v) is 2.22. The number of rotatable bonds is 6. The van der Waals surface area contributed by atoms with Crippen LogP contribution in [0.5, 0.6) is 5.75 Å². The Morgan fingerprint density at radius 3 is 2.24 bits per heavy atom. The zero-order valence-corrected chi connectivity index (χ0v) is 13.5. The Morgan fingerprint density at radius 2 is 1.60 bits per heavy atom. The second-order valence-electron chi connectivity index (χ2n) is 5.42. The highest BCUT2D eigenvalue weighted by atomic mass is 16.5. The van der Waals surface area contributed by atoms with Gasteiger partial charge in [0.05, 0.1) is 0 Å². The van der Waals surface area contributed by atoms with E-state index in [1.807, 2.05) is 60.7 Å². The molecule has 0 bridgehead atoms. The lowest BCUT2D eigenvalue weighted by atomic mass is 10.2. The van der Waals surface area contributed by atoms with Gasteiger partial charge in [0.25, 0.3) is 5.91 Å². The molecule has 0 atom stereocenters. The monoisotopic (exact) mass is 335 g/mol. The largest absolute Gasteiger partial charge is 0.482 e. The van der Waals surface area contributed by atoms with Crippen LogP contribution in [0.2, 0.25) is 0 Å². The third kappa shape index (κ3) is 4.57. The van der Waals surface area contributed by atoms with Gasteiger partial charge in [0, 0.05) is 12.6 Å². The minimum atomic E-state index is -0.449. The third-order valence-corrected chi connectivity index (χ3v) is 3.55. The van der Waals surface area contributed by atoms with Crippen LogP contribution in [0.15, 0.2) is 82.2 Å². The van der Waals surface area contributed by atoms with Crippen molar-refractivity contribution in [2.45, 2.75) is 13.2 Å². The van der Waals surface area contributed by atoms with Gasteiger partial charge in [-0.05, 0) is 11.1 Å². The van der Waals surface area contributed by atoms with Gasteiger partial charge < -0.3 is 14.5 Å². The number of ether oxygens (including phenoxy) is 1. The van der Waals surface area contributed by atoms with Gasteiger partial charge in [-0.15, -0.1) is 0 Å². The number of carbonyl (C=O) groups excluding carboxylic acids is 1. The highest BCUT2D eigenvalue weighted by Crippen LogP contribution is 2.09. The molecule has 25 heavy (non-hydrogen) atoms. The van der Waals surface area contributed by atoms with Crippen molar-refractivity contribution in [3.05, 3.63) is 100 Å². The minimum absolute atomic E-state index is 0.0482. The van der Waals surface area contributed by atoms with Gasteiger partial charge in [0.2, 0.25) is 11.2 Å². The first kappa shape index (κ1) is 16.5. The molecule has 1 aromatic heterocycles. The van der Waals surface area contributed by atoms with Crippen molar-refractivity contribution >= 4 is 5.91 Å². The van der Waals surface area contributed by atoms with E-state index < -0.39 is 11.3 Å². The minimum Gasteiger partial charge on any atom is -0.482 e. The quantitative estimate of drug-likeness (QED) is 0.751. The first-order valence-electron chi connectivity index (χ1n) is 7.84. The molecule has 0 radical (unpaired) electrons. The average Bonchev–Trinajstić information content (AvgIpc) is 2.66. The molecule has 2 aromatic carbocycles. The third-order valence-electron chi connectivity index (χ3n) is 3.55. The van der Waals surface area contributed by atoms with Crippen molar-refractivity contribution in [1.29, 1.82) is 0 Å². The van der Waals surface area contributed by atoms with E-state index in [4.69, 9.17) is 9.15 Å². The van der Waals surface area contributed by atoms with Crippen LogP contribution in [0.25, 0.3) is 0 Å². The lowest BCUT2D eigenvalue weighted by Gasteiger charge is -2.07. The van der Waals surface area contributed by atoms with Crippen LogP contribution in [0, 0.1) is 0 Å². The summed E-state index contributed by atoms with van der Waals surface area (Å²) in [5, 5.41) is 2.71. The highest BCUT2D eigenvalue weighted by Gasteiger charge is 2.12. The van der Waals surface area contributed by atoms with Crippen LogP contribution in [0.4, 0.5) is 0 Å². The summed E-state index contributed by atoms with van der Waals surface area (Å²) in [4.78, 5) is 24.2. The van der Waals surface area contributed by atoms with E-state index in [0.717, 1.165) is 17.2 Å². The molecule has 0 saturated heterocycles. The van der Waals surface area contributed by atoms with Crippen molar-refractivity contribution in [2.75, 3.05) is 0 Å². The molecule has 126 valence electrons. The normalized spacial score (nSPS) is 10.2. The molecule has 0 aliphatic carbocycles. The lowest BCUT2D eigenvalue weighted by Crippen LogP contribution is -2.24. The first-order chi connectivity index (χ1) is 12.2. The molecular weight excluding hydrogens is 318 g/mol. The van der Waals surface area contributed by atoms with E-state index in [0.29, 0.717) is 6.54 Å². The molecular formula is C20H17NO4. The second kappa shape index (κ2) is 7.97. The standard InChI is InChI=1S/C20H17NO4/c22-17-11-18(20(23)21-12-15-7-3-1-4-8-15)25-14-19(17)24-13-16-9-5-2-6-10-16/h1-11,14H,12-13H2,(H,21,23). The van der Waals surface area contributed by atoms with Crippen molar-refractivity contribution in [2.24, 2.45) is 0 Å². The van der Waals surface area contributed by atoms with Gasteiger partial charge in [0.1, 0.15) is 12.9 Å². The van der Waals surface area contributed by atoms with Crippen molar-refractivity contribution < 1.29 is 13.9 Å². The zero-order valence-electron chi connectivity index (χ0n) is 13.5. The Hall–Kier alpha value is -3.34. The van der Waals surface area contributed by atoms with Gasteiger partial charge in [-0.25, -0.2) is 0 Å². The van der Waals surface area contributed by atoms with E-state index in [-0.39, 0.29) is 18.1 Å². The number of amides is 1. The maximum absolute atomic E-state index is 12.1. The van der Waals surface area contributed by atoms with Crippen LogP contribution in [-0.4, -0.2) is 5.91 Å².